The molecule has 0 bridgehead atoms. The molecule has 1 N–H and O–H groups in total. The van der Waals surface area contributed by atoms with Crippen LogP contribution in [-0.4, -0.2) is 11.2 Å². The lowest BCUT2D eigenvalue weighted by molar-refractivity contribution is -0.0727. The molecule has 2 aliphatic carbocycles. The van der Waals surface area contributed by atoms with Gasteiger partial charge in [-0.2, -0.15) is 0 Å². The van der Waals surface area contributed by atoms with Crippen molar-refractivity contribution in [1.29, 1.82) is 0 Å². The number of aliphatic hydroxyl groups is 1. The van der Waals surface area contributed by atoms with Crippen LogP contribution < -0.4 is 0 Å². The zero-order valence-electron chi connectivity index (χ0n) is 9.84. The Bertz CT molecular complexity index is 221. The van der Waals surface area contributed by atoms with Crippen molar-refractivity contribution in [2.24, 2.45) is 16.7 Å². The van der Waals surface area contributed by atoms with Gasteiger partial charge >= 0.3 is 0 Å². The SMILES string of the molecule is CC1(C)CCCC2(C)CCC(O)CC12. The molecule has 2 rings (SSSR count). The lowest BCUT2D eigenvalue weighted by atomic mass is 9.51. The molecule has 0 aromatic rings. The third kappa shape index (κ3) is 1.60. The van der Waals surface area contributed by atoms with Crippen LogP contribution in [-0.2, 0) is 0 Å². The van der Waals surface area contributed by atoms with Gasteiger partial charge in [0.2, 0.25) is 0 Å². The van der Waals surface area contributed by atoms with E-state index >= 15 is 0 Å². The van der Waals surface area contributed by atoms with Gasteiger partial charge in [-0.3, -0.25) is 0 Å². The summed E-state index contributed by atoms with van der Waals surface area (Å²) in [5.74, 6) is 0.743. The highest BCUT2D eigenvalue weighted by Crippen LogP contribution is 2.57. The zero-order valence-corrected chi connectivity index (χ0v) is 9.84. The highest BCUT2D eigenvalue weighted by Gasteiger charge is 2.48. The molecule has 0 spiro atoms. The molecule has 0 aromatic heterocycles. The van der Waals surface area contributed by atoms with E-state index in [0.717, 1.165) is 18.8 Å². The summed E-state index contributed by atoms with van der Waals surface area (Å²) in [6.45, 7) is 7.24. The molecule has 0 radical (unpaired) electrons. The van der Waals surface area contributed by atoms with Crippen LogP contribution in [0.1, 0.15) is 59.3 Å². The Balaban J connectivity index is 2.22. The van der Waals surface area contributed by atoms with Gasteiger partial charge in [0, 0.05) is 0 Å². The Hall–Kier alpha value is -0.0400. The highest BCUT2D eigenvalue weighted by molar-refractivity contribution is 4.99. The molecule has 82 valence electrons. The Morgan fingerprint density at radius 3 is 2.50 bits per heavy atom. The summed E-state index contributed by atoms with van der Waals surface area (Å²) < 4.78 is 0. The van der Waals surface area contributed by atoms with Crippen molar-refractivity contribution >= 4 is 0 Å². The fourth-order valence-electron chi connectivity index (χ4n) is 4.03. The van der Waals surface area contributed by atoms with E-state index in [2.05, 4.69) is 20.8 Å². The molecule has 3 atom stereocenters. The van der Waals surface area contributed by atoms with Crippen LogP contribution in [0.15, 0.2) is 0 Å². The van der Waals surface area contributed by atoms with Gasteiger partial charge in [0.05, 0.1) is 6.10 Å². The van der Waals surface area contributed by atoms with E-state index in [1.54, 1.807) is 0 Å². The summed E-state index contributed by atoms with van der Waals surface area (Å²) in [5, 5.41) is 9.79. The monoisotopic (exact) mass is 196 g/mol. The number of hydrogen-bond donors (Lipinski definition) is 1. The molecule has 0 heterocycles. The van der Waals surface area contributed by atoms with Crippen LogP contribution in [0.3, 0.4) is 0 Å². The Morgan fingerprint density at radius 1 is 1.07 bits per heavy atom. The molecule has 0 aromatic carbocycles. The van der Waals surface area contributed by atoms with Crippen LogP contribution in [0.2, 0.25) is 0 Å². The minimum absolute atomic E-state index is 0.0227. The Labute approximate surface area is 87.9 Å². The fraction of sp³-hybridized carbons (Fsp3) is 1.00. The molecule has 0 amide bonds. The Morgan fingerprint density at radius 2 is 1.79 bits per heavy atom. The number of rotatable bonds is 0. The second-order valence-corrected chi connectivity index (χ2v) is 6.48. The van der Waals surface area contributed by atoms with Gasteiger partial charge in [-0.15, -0.1) is 0 Å². The van der Waals surface area contributed by atoms with Crippen molar-refractivity contribution in [1.82, 2.24) is 0 Å². The largest absolute Gasteiger partial charge is 0.393 e. The number of aliphatic hydroxyl groups excluding tert-OH is 1. The van der Waals surface area contributed by atoms with Crippen molar-refractivity contribution in [3.63, 3.8) is 0 Å². The van der Waals surface area contributed by atoms with E-state index in [9.17, 15) is 5.11 Å². The van der Waals surface area contributed by atoms with Crippen LogP contribution in [0.4, 0.5) is 0 Å². The first kappa shape index (κ1) is 10.5. The van der Waals surface area contributed by atoms with Gasteiger partial charge in [-0.05, 0) is 48.9 Å². The van der Waals surface area contributed by atoms with Crippen molar-refractivity contribution in [2.75, 3.05) is 0 Å². The van der Waals surface area contributed by atoms with Crippen molar-refractivity contribution in [3.8, 4) is 0 Å². The second kappa shape index (κ2) is 3.23. The summed E-state index contributed by atoms with van der Waals surface area (Å²) in [7, 11) is 0. The molecular formula is C13H24O. The zero-order chi connectivity index (χ0) is 10.4. The van der Waals surface area contributed by atoms with Gasteiger partial charge in [-0.25, -0.2) is 0 Å². The Kier molecular flexibility index (Phi) is 2.42. The van der Waals surface area contributed by atoms with Gasteiger partial charge in [0.15, 0.2) is 0 Å². The predicted molar refractivity (Wildman–Crippen MR) is 59.1 cm³/mol. The minimum atomic E-state index is -0.0227. The van der Waals surface area contributed by atoms with Gasteiger partial charge in [0.1, 0.15) is 0 Å². The van der Waals surface area contributed by atoms with Crippen LogP contribution in [0.25, 0.3) is 0 Å². The van der Waals surface area contributed by atoms with Gasteiger partial charge in [-0.1, -0.05) is 27.2 Å². The topological polar surface area (TPSA) is 20.2 Å². The standard InChI is InChI=1S/C13H24O/c1-12(2)6-4-7-13(3)8-5-10(14)9-11(12)13/h10-11,14H,4-9H2,1-3H3. The molecular weight excluding hydrogens is 172 g/mol. The smallest absolute Gasteiger partial charge is 0.0543 e. The van der Waals surface area contributed by atoms with Gasteiger partial charge in [0.25, 0.3) is 0 Å². The van der Waals surface area contributed by atoms with Gasteiger partial charge < -0.3 is 5.11 Å². The van der Waals surface area contributed by atoms with Crippen molar-refractivity contribution < 1.29 is 5.11 Å². The highest BCUT2D eigenvalue weighted by atomic mass is 16.3. The fourth-order valence-corrected chi connectivity index (χ4v) is 4.03. The normalized spacial score (nSPS) is 47.1. The maximum absolute atomic E-state index is 9.79. The molecule has 1 nitrogen and oxygen atoms in total. The quantitative estimate of drug-likeness (QED) is 0.630. The van der Waals surface area contributed by atoms with E-state index < -0.39 is 0 Å². The summed E-state index contributed by atoms with van der Waals surface area (Å²) in [6.07, 6.45) is 7.41. The maximum Gasteiger partial charge on any atom is 0.0543 e. The number of fused-ring (bicyclic) bond motifs is 1. The van der Waals surface area contributed by atoms with Crippen molar-refractivity contribution in [3.05, 3.63) is 0 Å². The van der Waals surface area contributed by atoms with E-state index in [4.69, 9.17) is 0 Å². The van der Waals surface area contributed by atoms with Crippen LogP contribution >= 0.6 is 0 Å². The molecule has 0 saturated heterocycles. The molecule has 0 aliphatic heterocycles. The predicted octanol–water partition coefficient (Wildman–Crippen LogP) is 3.36. The van der Waals surface area contributed by atoms with Crippen LogP contribution in [0.5, 0.6) is 0 Å². The lowest BCUT2D eigenvalue weighted by Gasteiger charge is -2.54. The van der Waals surface area contributed by atoms with E-state index in [0.29, 0.717) is 10.8 Å². The summed E-state index contributed by atoms with van der Waals surface area (Å²) in [4.78, 5) is 0. The summed E-state index contributed by atoms with van der Waals surface area (Å²) in [6, 6.07) is 0. The molecule has 2 fully saturated rings. The summed E-state index contributed by atoms with van der Waals surface area (Å²) in [5.41, 5.74) is 0.982. The maximum atomic E-state index is 9.79. The van der Waals surface area contributed by atoms with Crippen molar-refractivity contribution in [2.45, 2.75) is 65.4 Å². The molecule has 2 aliphatic rings. The second-order valence-electron chi connectivity index (χ2n) is 6.48. The molecule has 14 heavy (non-hydrogen) atoms. The average molecular weight is 196 g/mol. The first-order chi connectivity index (χ1) is 6.44. The van der Waals surface area contributed by atoms with E-state index in [1.807, 2.05) is 0 Å². The molecule has 2 saturated carbocycles. The first-order valence-electron chi connectivity index (χ1n) is 6.12. The van der Waals surface area contributed by atoms with E-state index in [1.165, 1.54) is 25.7 Å². The third-order valence-electron chi connectivity index (χ3n) is 4.91. The molecule has 3 unspecified atom stereocenters. The number of hydrogen-bond acceptors (Lipinski definition) is 1. The van der Waals surface area contributed by atoms with E-state index in [-0.39, 0.29) is 6.10 Å². The first-order valence-corrected chi connectivity index (χ1v) is 6.12. The lowest BCUT2D eigenvalue weighted by Crippen LogP contribution is -2.47. The minimum Gasteiger partial charge on any atom is -0.393 e. The molecule has 1 heteroatoms. The average Bonchev–Trinajstić information content (AvgIpc) is 2.08. The summed E-state index contributed by atoms with van der Waals surface area (Å²) >= 11 is 0. The third-order valence-corrected chi connectivity index (χ3v) is 4.91. The van der Waals surface area contributed by atoms with Crippen LogP contribution in [0, 0.1) is 16.7 Å².